The number of hydrogen-bond acceptors (Lipinski definition) is 7. The van der Waals surface area contributed by atoms with Gasteiger partial charge in [0.15, 0.2) is 0 Å². The lowest BCUT2D eigenvalue weighted by atomic mass is 9.98. The molecule has 166 valence electrons. The Balaban J connectivity index is 2.14. The third kappa shape index (κ3) is 4.40. The highest BCUT2D eigenvalue weighted by Crippen LogP contribution is 2.43. The van der Waals surface area contributed by atoms with Gasteiger partial charge in [-0.25, -0.2) is 0 Å². The van der Waals surface area contributed by atoms with Crippen LogP contribution in [-0.4, -0.2) is 68.0 Å². The quantitative estimate of drug-likeness (QED) is 0.376. The Morgan fingerprint density at radius 1 is 1.23 bits per heavy atom. The van der Waals surface area contributed by atoms with Crippen LogP contribution in [0.5, 0.6) is 11.5 Å². The number of carbonyl (C=O) groups is 2. The van der Waals surface area contributed by atoms with Gasteiger partial charge in [0.2, 0.25) is 0 Å². The maximum absolute atomic E-state index is 13.0. The molecule has 0 saturated carbocycles. The number of methoxy groups -OCH3 is 2. The summed E-state index contributed by atoms with van der Waals surface area (Å²) in [6, 6.07) is 5.42. The number of rotatable bonds is 8. The zero-order valence-corrected chi connectivity index (χ0v) is 18.6. The van der Waals surface area contributed by atoms with Crippen LogP contribution >= 0.6 is 11.6 Å². The lowest BCUT2D eigenvalue weighted by Gasteiger charge is -2.24. The van der Waals surface area contributed by atoms with Gasteiger partial charge in [0.1, 0.15) is 29.1 Å². The smallest absolute Gasteiger partial charge is 0.295 e. The molecule has 1 aliphatic heterocycles. The van der Waals surface area contributed by atoms with E-state index in [2.05, 4.69) is 0 Å². The zero-order chi connectivity index (χ0) is 22.7. The first-order valence-electron chi connectivity index (χ1n) is 9.68. The summed E-state index contributed by atoms with van der Waals surface area (Å²) < 4.78 is 16.1. The first kappa shape index (κ1) is 22.7. The number of furan rings is 1. The van der Waals surface area contributed by atoms with E-state index in [1.807, 2.05) is 19.0 Å². The van der Waals surface area contributed by atoms with Crippen LogP contribution in [0.1, 0.15) is 23.8 Å². The molecular formula is C22H25ClN2O6. The molecule has 1 fully saturated rings. The Labute approximate surface area is 185 Å². The molecule has 2 heterocycles. The molecule has 31 heavy (non-hydrogen) atoms. The van der Waals surface area contributed by atoms with Gasteiger partial charge in [-0.15, -0.1) is 0 Å². The summed E-state index contributed by atoms with van der Waals surface area (Å²) in [5.41, 5.74) is 0.110. The fourth-order valence-corrected chi connectivity index (χ4v) is 3.83. The molecule has 0 spiro atoms. The third-order valence-corrected chi connectivity index (χ3v) is 5.38. The molecule has 1 atom stereocenters. The molecule has 1 amide bonds. The lowest BCUT2D eigenvalue weighted by Crippen LogP contribution is -2.32. The Morgan fingerprint density at radius 2 is 1.94 bits per heavy atom. The number of nitrogens with zero attached hydrogens (tertiary/aromatic N) is 2. The minimum atomic E-state index is -0.858. The number of carbonyl (C=O) groups excluding carboxylic acids is 2. The first-order chi connectivity index (χ1) is 14.8. The summed E-state index contributed by atoms with van der Waals surface area (Å²) >= 11 is 6.16. The Hall–Kier alpha value is -2.97. The molecule has 9 heteroatoms. The SMILES string of the molecule is COc1cc(/C(O)=C2\C(=O)C(=O)N(CCCN(C)C)C2c2ccco2)c(OC)cc1Cl. The molecule has 8 nitrogen and oxygen atoms in total. The van der Waals surface area contributed by atoms with Gasteiger partial charge in [-0.1, -0.05) is 11.6 Å². The van der Waals surface area contributed by atoms with Crippen LogP contribution in [0.3, 0.4) is 0 Å². The number of Topliss-reactive ketones (excluding diaryl/α,β-unsaturated/α-hetero) is 1. The number of halogens is 1. The molecular weight excluding hydrogens is 424 g/mol. The maximum atomic E-state index is 13.0. The van der Waals surface area contributed by atoms with Gasteiger partial charge in [0.25, 0.3) is 11.7 Å². The summed E-state index contributed by atoms with van der Waals surface area (Å²) in [5, 5.41) is 11.5. The van der Waals surface area contributed by atoms with Gasteiger partial charge < -0.3 is 28.8 Å². The molecule has 3 rings (SSSR count). The fraction of sp³-hybridized carbons (Fsp3) is 0.364. The molecule has 0 aliphatic carbocycles. The van der Waals surface area contributed by atoms with Gasteiger partial charge >= 0.3 is 0 Å². The van der Waals surface area contributed by atoms with E-state index in [1.54, 1.807) is 12.1 Å². The van der Waals surface area contributed by atoms with Crippen LogP contribution in [0.25, 0.3) is 5.76 Å². The van der Waals surface area contributed by atoms with Gasteiger partial charge in [0, 0.05) is 12.6 Å². The van der Waals surface area contributed by atoms with E-state index >= 15 is 0 Å². The number of ketones is 1. The van der Waals surface area contributed by atoms with Crippen molar-refractivity contribution in [2.45, 2.75) is 12.5 Å². The largest absolute Gasteiger partial charge is 0.507 e. The third-order valence-electron chi connectivity index (χ3n) is 5.09. The van der Waals surface area contributed by atoms with Gasteiger partial charge in [-0.05, 0) is 45.3 Å². The maximum Gasteiger partial charge on any atom is 0.295 e. The van der Waals surface area contributed by atoms with E-state index in [9.17, 15) is 14.7 Å². The van der Waals surface area contributed by atoms with Crippen molar-refractivity contribution in [3.63, 3.8) is 0 Å². The van der Waals surface area contributed by atoms with Crippen molar-refractivity contribution < 1.29 is 28.6 Å². The van der Waals surface area contributed by atoms with E-state index in [0.29, 0.717) is 24.5 Å². The van der Waals surface area contributed by atoms with Gasteiger partial charge in [-0.2, -0.15) is 0 Å². The molecule has 1 saturated heterocycles. The monoisotopic (exact) mass is 448 g/mol. The normalized spacial score (nSPS) is 18.1. The number of ether oxygens (including phenoxy) is 2. The van der Waals surface area contributed by atoms with E-state index in [-0.39, 0.29) is 27.7 Å². The second-order valence-electron chi connectivity index (χ2n) is 7.35. The average molecular weight is 449 g/mol. The minimum Gasteiger partial charge on any atom is -0.507 e. The van der Waals surface area contributed by atoms with Crippen molar-refractivity contribution in [2.75, 3.05) is 41.4 Å². The van der Waals surface area contributed by atoms with Crippen LogP contribution < -0.4 is 9.47 Å². The zero-order valence-electron chi connectivity index (χ0n) is 17.8. The topological polar surface area (TPSA) is 92.5 Å². The first-order valence-corrected chi connectivity index (χ1v) is 10.1. The predicted molar refractivity (Wildman–Crippen MR) is 115 cm³/mol. The second kappa shape index (κ2) is 9.45. The summed E-state index contributed by atoms with van der Waals surface area (Å²) in [5.74, 6) is -0.965. The molecule has 0 radical (unpaired) electrons. The Bertz CT molecular complexity index is 1000. The van der Waals surface area contributed by atoms with Gasteiger partial charge in [-0.3, -0.25) is 9.59 Å². The highest BCUT2D eigenvalue weighted by molar-refractivity contribution is 6.46. The van der Waals surface area contributed by atoms with E-state index in [1.165, 1.54) is 37.5 Å². The molecule has 1 aromatic carbocycles. The summed E-state index contributed by atoms with van der Waals surface area (Å²) in [7, 11) is 6.71. The number of amides is 1. The molecule has 0 bridgehead atoms. The number of likely N-dealkylation sites (tertiary alicyclic amines) is 1. The van der Waals surface area contributed by atoms with Crippen LogP contribution in [0.2, 0.25) is 5.02 Å². The fourth-order valence-electron chi connectivity index (χ4n) is 3.60. The van der Waals surface area contributed by atoms with Crippen molar-refractivity contribution >= 4 is 29.1 Å². The number of aliphatic hydroxyl groups excluding tert-OH is 1. The highest BCUT2D eigenvalue weighted by atomic mass is 35.5. The summed E-state index contributed by atoms with van der Waals surface area (Å²) in [4.78, 5) is 29.3. The van der Waals surface area contributed by atoms with E-state index < -0.39 is 17.7 Å². The van der Waals surface area contributed by atoms with E-state index in [0.717, 1.165) is 6.54 Å². The van der Waals surface area contributed by atoms with E-state index in [4.69, 9.17) is 25.5 Å². The molecule has 1 unspecified atom stereocenters. The van der Waals surface area contributed by atoms with Crippen molar-refractivity contribution in [1.29, 1.82) is 0 Å². The van der Waals surface area contributed by atoms with Crippen molar-refractivity contribution in [2.24, 2.45) is 0 Å². The van der Waals surface area contributed by atoms with Crippen LogP contribution in [0, 0.1) is 0 Å². The molecule has 1 aromatic heterocycles. The standard InChI is InChI=1S/C22H25ClN2O6/c1-24(2)8-6-9-25-19(15-7-5-10-31-15)18(21(27)22(25)28)20(26)13-11-17(30-4)14(23)12-16(13)29-3/h5,7,10-12,19,26H,6,8-9H2,1-4H3/b20-18+. The Morgan fingerprint density at radius 3 is 2.52 bits per heavy atom. The number of aliphatic hydroxyl groups is 1. The van der Waals surface area contributed by atoms with Crippen LogP contribution in [-0.2, 0) is 9.59 Å². The minimum absolute atomic E-state index is 0.0764. The molecule has 2 aromatic rings. The summed E-state index contributed by atoms with van der Waals surface area (Å²) in [6.45, 7) is 1.06. The van der Waals surface area contributed by atoms with Crippen LogP contribution in [0.4, 0.5) is 0 Å². The second-order valence-corrected chi connectivity index (χ2v) is 7.76. The predicted octanol–water partition coefficient (Wildman–Crippen LogP) is 3.32. The number of benzene rings is 1. The lowest BCUT2D eigenvalue weighted by molar-refractivity contribution is -0.140. The van der Waals surface area contributed by atoms with Crippen LogP contribution in [0.15, 0.2) is 40.5 Å². The number of hydrogen-bond donors (Lipinski definition) is 1. The van der Waals surface area contributed by atoms with Crippen molar-refractivity contribution in [3.8, 4) is 11.5 Å². The molecule has 1 aliphatic rings. The van der Waals surface area contributed by atoms with Gasteiger partial charge in [0.05, 0.1) is 36.6 Å². The van der Waals surface area contributed by atoms with Crippen molar-refractivity contribution in [3.05, 3.63) is 52.4 Å². The summed E-state index contributed by atoms with van der Waals surface area (Å²) in [6.07, 6.45) is 2.11. The highest BCUT2D eigenvalue weighted by Gasteiger charge is 2.47. The van der Waals surface area contributed by atoms with Crippen molar-refractivity contribution in [1.82, 2.24) is 9.80 Å². The molecule has 1 N–H and O–H groups in total. The Kier molecular flexibility index (Phi) is 6.92. The average Bonchev–Trinajstić information content (AvgIpc) is 3.35.